The number of rotatable bonds is 5. The van der Waals surface area contributed by atoms with Crippen LogP contribution in [0.1, 0.15) is 23.9 Å². The Labute approximate surface area is 115 Å². The SMILES string of the molecule is CCNCc1cc(C)n(-c2ccccc2OC)c1C. The third-order valence-corrected chi connectivity index (χ3v) is 3.43. The van der Waals surface area contributed by atoms with E-state index in [1.165, 1.54) is 17.0 Å². The smallest absolute Gasteiger partial charge is 0.142 e. The fourth-order valence-electron chi connectivity index (χ4n) is 2.45. The van der Waals surface area contributed by atoms with Crippen molar-refractivity contribution in [3.8, 4) is 11.4 Å². The van der Waals surface area contributed by atoms with Gasteiger partial charge in [0.2, 0.25) is 0 Å². The maximum absolute atomic E-state index is 5.46. The van der Waals surface area contributed by atoms with Crippen molar-refractivity contribution in [2.45, 2.75) is 27.3 Å². The molecule has 102 valence electrons. The van der Waals surface area contributed by atoms with Gasteiger partial charge in [0.25, 0.3) is 0 Å². The lowest BCUT2D eigenvalue weighted by atomic mass is 10.2. The van der Waals surface area contributed by atoms with Crippen molar-refractivity contribution < 1.29 is 4.74 Å². The monoisotopic (exact) mass is 258 g/mol. The van der Waals surface area contributed by atoms with Crippen molar-refractivity contribution in [1.82, 2.24) is 9.88 Å². The van der Waals surface area contributed by atoms with Gasteiger partial charge in [0.15, 0.2) is 0 Å². The van der Waals surface area contributed by atoms with Gasteiger partial charge in [-0.1, -0.05) is 19.1 Å². The number of hydrogen-bond acceptors (Lipinski definition) is 2. The lowest BCUT2D eigenvalue weighted by molar-refractivity contribution is 0.412. The summed E-state index contributed by atoms with van der Waals surface area (Å²) in [6.45, 7) is 8.31. The van der Waals surface area contributed by atoms with Crippen LogP contribution in [0, 0.1) is 13.8 Å². The van der Waals surface area contributed by atoms with Gasteiger partial charge in [0.1, 0.15) is 5.75 Å². The fraction of sp³-hybridized carbons (Fsp3) is 0.375. The van der Waals surface area contributed by atoms with Gasteiger partial charge in [0, 0.05) is 17.9 Å². The zero-order valence-corrected chi connectivity index (χ0v) is 12.2. The molecule has 1 N–H and O–H groups in total. The quantitative estimate of drug-likeness (QED) is 0.891. The molecular formula is C16H22N2O. The number of benzene rings is 1. The molecule has 0 fully saturated rings. The molecule has 0 unspecified atom stereocenters. The number of para-hydroxylation sites is 2. The zero-order chi connectivity index (χ0) is 13.8. The molecule has 19 heavy (non-hydrogen) atoms. The minimum absolute atomic E-state index is 0.902. The topological polar surface area (TPSA) is 26.2 Å². The first-order valence-corrected chi connectivity index (χ1v) is 6.71. The van der Waals surface area contributed by atoms with Crippen LogP contribution >= 0.6 is 0 Å². The van der Waals surface area contributed by atoms with Gasteiger partial charge in [-0.3, -0.25) is 0 Å². The molecule has 0 aliphatic carbocycles. The van der Waals surface area contributed by atoms with Crippen LogP contribution in [0.4, 0.5) is 0 Å². The predicted octanol–water partition coefficient (Wildman–Crippen LogP) is 3.21. The number of aryl methyl sites for hydroxylation is 1. The Morgan fingerprint density at radius 3 is 2.63 bits per heavy atom. The molecule has 0 amide bonds. The Morgan fingerprint density at radius 2 is 1.95 bits per heavy atom. The van der Waals surface area contributed by atoms with E-state index in [0.29, 0.717) is 0 Å². The molecule has 1 heterocycles. The van der Waals surface area contributed by atoms with Gasteiger partial charge in [0.05, 0.1) is 12.8 Å². The number of methoxy groups -OCH3 is 1. The van der Waals surface area contributed by atoms with Crippen molar-refractivity contribution in [3.05, 3.63) is 47.3 Å². The number of ether oxygens (including phenoxy) is 1. The molecule has 1 aromatic carbocycles. The van der Waals surface area contributed by atoms with E-state index in [4.69, 9.17) is 4.74 Å². The molecule has 0 aliphatic heterocycles. The maximum atomic E-state index is 5.46. The molecular weight excluding hydrogens is 236 g/mol. The van der Waals surface area contributed by atoms with Gasteiger partial charge in [-0.2, -0.15) is 0 Å². The van der Waals surface area contributed by atoms with Crippen LogP contribution in [-0.2, 0) is 6.54 Å². The summed E-state index contributed by atoms with van der Waals surface area (Å²) in [5.41, 5.74) is 4.94. The van der Waals surface area contributed by atoms with Crippen LogP contribution < -0.4 is 10.1 Å². The Hall–Kier alpha value is -1.74. The number of aromatic nitrogens is 1. The molecule has 0 saturated carbocycles. The minimum atomic E-state index is 0.902. The Balaban J connectivity index is 2.47. The third-order valence-electron chi connectivity index (χ3n) is 3.43. The summed E-state index contributed by atoms with van der Waals surface area (Å²) in [6.07, 6.45) is 0. The lowest BCUT2D eigenvalue weighted by Crippen LogP contribution is -2.12. The molecule has 0 bridgehead atoms. The summed E-state index contributed by atoms with van der Waals surface area (Å²) < 4.78 is 7.72. The number of hydrogen-bond donors (Lipinski definition) is 1. The Bertz CT molecular complexity index is 558. The molecule has 0 radical (unpaired) electrons. The molecule has 2 aromatic rings. The van der Waals surface area contributed by atoms with Gasteiger partial charge >= 0.3 is 0 Å². The second kappa shape index (κ2) is 5.93. The van der Waals surface area contributed by atoms with Crippen LogP contribution in [0.5, 0.6) is 5.75 Å². The van der Waals surface area contributed by atoms with E-state index in [1.807, 2.05) is 18.2 Å². The molecule has 1 aromatic heterocycles. The number of nitrogens with zero attached hydrogens (tertiary/aromatic N) is 1. The highest BCUT2D eigenvalue weighted by Gasteiger charge is 2.13. The van der Waals surface area contributed by atoms with Gasteiger partial charge < -0.3 is 14.6 Å². The molecule has 2 rings (SSSR count). The van der Waals surface area contributed by atoms with Crippen LogP contribution in [-0.4, -0.2) is 18.2 Å². The first kappa shape index (κ1) is 13.7. The van der Waals surface area contributed by atoms with Crippen molar-refractivity contribution >= 4 is 0 Å². The van der Waals surface area contributed by atoms with Crippen molar-refractivity contribution in [2.24, 2.45) is 0 Å². The third kappa shape index (κ3) is 2.66. The van der Waals surface area contributed by atoms with Crippen molar-refractivity contribution in [2.75, 3.05) is 13.7 Å². The van der Waals surface area contributed by atoms with Gasteiger partial charge in [-0.15, -0.1) is 0 Å². The molecule has 0 saturated heterocycles. The molecule has 0 aliphatic rings. The summed E-state index contributed by atoms with van der Waals surface area (Å²) >= 11 is 0. The molecule has 0 spiro atoms. The summed E-state index contributed by atoms with van der Waals surface area (Å²) in [4.78, 5) is 0. The first-order valence-electron chi connectivity index (χ1n) is 6.71. The van der Waals surface area contributed by atoms with E-state index >= 15 is 0 Å². The van der Waals surface area contributed by atoms with Crippen LogP contribution in [0.15, 0.2) is 30.3 Å². The summed E-state index contributed by atoms with van der Waals surface area (Å²) in [5.74, 6) is 0.902. The molecule has 3 nitrogen and oxygen atoms in total. The van der Waals surface area contributed by atoms with E-state index in [2.05, 4.69) is 42.8 Å². The van der Waals surface area contributed by atoms with Crippen molar-refractivity contribution in [1.29, 1.82) is 0 Å². The second-order valence-corrected chi connectivity index (χ2v) is 4.68. The normalized spacial score (nSPS) is 10.7. The molecule has 3 heteroatoms. The first-order chi connectivity index (χ1) is 9.19. The van der Waals surface area contributed by atoms with Crippen molar-refractivity contribution in [3.63, 3.8) is 0 Å². The predicted molar refractivity (Wildman–Crippen MR) is 79.2 cm³/mol. The highest BCUT2D eigenvalue weighted by molar-refractivity contribution is 5.50. The van der Waals surface area contributed by atoms with E-state index in [0.717, 1.165) is 24.5 Å². The van der Waals surface area contributed by atoms with Crippen LogP contribution in [0.25, 0.3) is 5.69 Å². The minimum Gasteiger partial charge on any atom is -0.495 e. The zero-order valence-electron chi connectivity index (χ0n) is 12.2. The van der Waals surface area contributed by atoms with Gasteiger partial charge in [-0.25, -0.2) is 0 Å². The van der Waals surface area contributed by atoms with E-state index in [-0.39, 0.29) is 0 Å². The largest absolute Gasteiger partial charge is 0.495 e. The van der Waals surface area contributed by atoms with E-state index < -0.39 is 0 Å². The second-order valence-electron chi connectivity index (χ2n) is 4.68. The average Bonchev–Trinajstić information content (AvgIpc) is 2.71. The summed E-state index contributed by atoms with van der Waals surface area (Å²) in [6, 6.07) is 10.4. The summed E-state index contributed by atoms with van der Waals surface area (Å²) in [7, 11) is 1.71. The highest BCUT2D eigenvalue weighted by Crippen LogP contribution is 2.27. The summed E-state index contributed by atoms with van der Waals surface area (Å²) in [5, 5.41) is 3.38. The van der Waals surface area contributed by atoms with E-state index in [1.54, 1.807) is 7.11 Å². The lowest BCUT2D eigenvalue weighted by Gasteiger charge is -2.14. The maximum Gasteiger partial charge on any atom is 0.142 e. The fourth-order valence-corrected chi connectivity index (χ4v) is 2.45. The van der Waals surface area contributed by atoms with Gasteiger partial charge in [-0.05, 0) is 44.2 Å². The average molecular weight is 258 g/mol. The van der Waals surface area contributed by atoms with E-state index in [9.17, 15) is 0 Å². The number of nitrogens with one attached hydrogen (secondary N) is 1. The standard InChI is InChI=1S/C16H22N2O/c1-5-17-11-14-10-12(2)18(13(14)3)15-8-6-7-9-16(15)19-4/h6-10,17H,5,11H2,1-4H3. The Kier molecular flexibility index (Phi) is 4.27. The van der Waals surface area contributed by atoms with Crippen LogP contribution in [0.3, 0.4) is 0 Å². The highest BCUT2D eigenvalue weighted by atomic mass is 16.5. The van der Waals surface area contributed by atoms with Crippen LogP contribution in [0.2, 0.25) is 0 Å². The Morgan fingerprint density at radius 1 is 1.21 bits per heavy atom. The molecule has 0 atom stereocenters.